The van der Waals surface area contributed by atoms with Gasteiger partial charge in [0, 0.05) is 24.8 Å². The van der Waals surface area contributed by atoms with Crippen molar-refractivity contribution in [3.8, 4) is 11.1 Å². The third-order valence-electron chi connectivity index (χ3n) is 1.69. The average molecular weight is 179 g/mol. The Morgan fingerprint density at radius 1 is 0.615 bits per heavy atom. The Kier molecular flexibility index (Phi) is 4.09. The van der Waals surface area contributed by atoms with E-state index in [1.165, 1.54) is 11.1 Å². The van der Waals surface area contributed by atoms with E-state index >= 15 is 0 Å². The van der Waals surface area contributed by atoms with E-state index in [1.54, 1.807) is 24.8 Å². The summed E-state index contributed by atoms with van der Waals surface area (Å²) in [5.74, 6) is 0. The molecule has 0 N–H and O–H groups in total. The van der Waals surface area contributed by atoms with E-state index in [0.717, 1.165) is 0 Å². The summed E-state index contributed by atoms with van der Waals surface area (Å²) in [6.07, 6.45) is 7.15. The van der Waals surface area contributed by atoms with Gasteiger partial charge in [-0.25, -0.2) is 0 Å². The molecule has 2 nitrogen and oxygen atoms in total. The van der Waals surface area contributed by atoms with E-state index in [9.17, 15) is 0 Å². The van der Waals surface area contributed by atoms with Crippen molar-refractivity contribution in [3.63, 3.8) is 0 Å². The summed E-state index contributed by atoms with van der Waals surface area (Å²) in [6, 6.07) is 7.93. The molecular weight excluding hydrogens is 171 g/mol. The Morgan fingerprint density at radius 2 is 0.923 bits per heavy atom. The number of hydrogen-bond acceptors (Lipinski definition) is 2. The molecule has 0 radical (unpaired) electrons. The third-order valence-corrected chi connectivity index (χ3v) is 1.69. The topological polar surface area (TPSA) is 25.8 Å². The predicted octanol–water partition coefficient (Wildman–Crippen LogP) is -0.852. The first-order chi connectivity index (χ1) is 5.97. The second-order valence-corrected chi connectivity index (χ2v) is 2.47. The van der Waals surface area contributed by atoms with Crippen LogP contribution in [-0.2, 0) is 0 Å². The van der Waals surface area contributed by atoms with Crippen molar-refractivity contribution in [2.75, 3.05) is 0 Å². The van der Waals surface area contributed by atoms with E-state index in [-0.39, 0.29) is 29.6 Å². The number of pyridine rings is 2. The van der Waals surface area contributed by atoms with Gasteiger partial charge in [-0.1, -0.05) is 0 Å². The van der Waals surface area contributed by atoms with Gasteiger partial charge in [-0.15, -0.1) is 0 Å². The molecular formula is C10H8N2Na+. The zero-order chi connectivity index (χ0) is 8.23. The first kappa shape index (κ1) is 10.4. The van der Waals surface area contributed by atoms with E-state index in [0.29, 0.717) is 0 Å². The maximum absolute atomic E-state index is 3.96. The van der Waals surface area contributed by atoms with E-state index < -0.39 is 0 Å². The van der Waals surface area contributed by atoms with Crippen LogP contribution in [0.3, 0.4) is 0 Å². The summed E-state index contributed by atoms with van der Waals surface area (Å²) >= 11 is 0. The van der Waals surface area contributed by atoms with Crippen molar-refractivity contribution in [2.24, 2.45) is 0 Å². The van der Waals surface area contributed by atoms with Crippen LogP contribution in [0.4, 0.5) is 0 Å². The third kappa shape index (κ3) is 2.62. The number of nitrogens with zero attached hydrogens (tertiary/aromatic N) is 2. The number of hydrogen-bond donors (Lipinski definition) is 0. The van der Waals surface area contributed by atoms with Crippen LogP contribution in [0.15, 0.2) is 49.1 Å². The molecule has 0 aliphatic rings. The Morgan fingerprint density at radius 3 is 1.23 bits per heavy atom. The van der Waals surface area contributed by atoms with Crippen LogP contribution in [-0.4, -0.2) is 9.97 Å². The minimum atomic E-state index is 0. The van der Waals surface area contributed by atoms with Crippen molar-refractivity contribution >= 4 is 0 Å². The van der Waals surface area contributed by atoms with Crippen LogP contribution in [0.25, 0.3) is 11.1 Å². The van der Waals surface area contributed by atoms with Gasteiger partial charge in [0.25, 0.3) is 0 Å². The Labute approximate surface area is 99.3 Å². The van der Waals surface area contributed by atoms with Gasteiger partial charge in [-0.2, -0.15) is 0 Å². The largest absolute Gasteiger partial charge is 1.00 e. The van der Waals surface area contributed by atoms with Crippen LogP contribution in [0.1, 0.15) is 0 Å². The van der Waals surface area contributed by atoms with Gasteiger partial charge in [-0.3, -0.25) is 9.97 Å². The fraction of sp³-hybridized carbons (Fsp3) is 0. The zero-order valence-electron chi connectivity index (χ0n) is 7.51. The molecule has 2 heterocycles. The average Bonchev–Trinajstić information content (AvgIpc) is 2.21. The molecule has 13 heavy (non-hydrogen) atoms. The van der Waals surface area contributed by atoms with Gasteiger partial charge in [0.1, 0.15) is 0 Å². The van der Waals surface area contributed by atoms with Crippen molar-refractivity contribution in [2.45, 2.75) is 0 Å². The molecule has 0 saturated heterocycles. The Bertz CT molecular complexity index is 310. The second-order valence-electron chi connectivity index (χ2n) is 2.47. The van der Waals surface area contributed by atoms with Gasteiger partial charge in [-0.05, 0) is 35.4 Å². The molecule has 2 rings (SSSR count). The van der Waals surface area contributed by atoms with Gasteiger partial charge >= 0.3 is 29.6 Å². The normalized spacial score (nSPS) is 8.92. The molecule has 2 aromatic rings. The summed E-state index contributed by atoms with van der Waals surface area (Å²) in [5.41, 5.74) is 2.35. The number of aromatic nitrogens is 2. The standard InChI is InChI=1S/C10H8N2.Na/c1-5-11-6-2-9(1)10-3-7-12-8-4-10;/h1-8H;/q;+1. The predicted molar refractivity (Wildman–Crippen MR) is 47.5 cm³/mol. The monoisotopic (exact) mass is 179 g/mol. The van der Waals surface area contributed by atoms with Crippen molar-refractivity contribution < 1.29 is 29.6 Å². The molecule has 0 amide bonds. The van der Waals surface area contributed by atoms with Crippen molar-refractivity contribution in [1.82, 2.24) is 9.97 Å². The minimum absolute atomic E-state index is 0. The molecule has 2 aromatic heterocycles. The smallest absolute Gasteiger partial charge is 0.265 e. The van der Waals surface area contributed by atoms with Gasteiger partial charge < -0.3 is 0 Å². The molecule has 58 valence electrons. The summed E-state index contributed by atoms with van der Waals surface area (Å²) in [7, 11) is 0. The molecule has 3 heteroatoms. The minimum Gasteiger partial charge on any atom is -0.265 e. The molecule has 0 aliphatic carbocycles. The summed E-state index contributed by atoms with van der Waals surface area (Å²) in [4.78, 5) is 7.91. The zero-order valence-corrected chi connectivity index (χ0v) is 9.51. The molecule has 0 atom stereocenters. The van der Waals surface area contributed by atoms with Crippen molar-refractivity contribution in [3.05, 3.63) is 49.1 Å². The molecule has 0 aromatic carbocycles. The first-order valence-corrected chi connectivity index (χ1v) is 3.77. The van der Waals surface area contributed by atoms with Crippen LogP contribution in [0.2, 0.25) is 0 Å². The molecule has 0 bridgehead atoms. The van der Waals surface area contributed by atoms with Crippen LogP contribution in [0, 0.1) is 0 Å². The SMILES string of the molecule is [Na+].c1cc(-c2ccncc2)ccn1. The Balaban J connectivity index is 0.000000845. The first-order valence-electron chi connectivity index (χ1n) is 3.77. The van der Waals surface area contributed by atoms with Gasteiger partial charge in [0.15, 0.2) is 0 Å². The molecule has 0 unspecified atom stereocenters. The summed E-state index contributed by atoms with van der Waals surface area (Å²) in [5, 5.41) is 0. The van der Waals surface area contributed by atoms with E-state index in [4.69, 9.17) is 0 Å². The van der Waals surface area contributed by atoms with Gasteiger partial charge in [0.05, 0.1) is 0 Å². The van der Waals surface area contributed by atoms with Crippen molar-refractivity contribution in [1.29, 1.82) is 0 Å². The maximum atomic E-state index is 3.96. The molecule has 0 fully saturated rings. The fourth-order valence-corrected chi connectivity index (χ4v) is 1.09. The molecule has 0 saturated carbocycles. The van der Waals surface area contributed by atoms with Crippen LogP contribution >= 0.6 is 0 Å². The fourth-order valence-electron chi connectivity index (χ4n) is 1.09. The number of rotatable bonds is 1. The van der Waals surface area contributed by atoms with E-state index in [1.807, 2.05) is 24.3 Å². The molecule has 0 aliphatic heterocycles. The second kappa shape index (κ2) is 5.12. The van der Waals surface area contributed by atoms with Crippen LogP contribution < -0.4 is 29.6 Å². The van der Waals surface area contributed by atoms with Gasteiger partial charge in [0.2, 0.25) is 0 Å². The summed E-state index contributed by atoms with van der Waals surface area (Å²) < 4.78 is 0. The van der Waals surface area contributed by atoms with Crippen LogP contribution in [0.5, 0.6) is 0 Å². The maximum Gasteiger partial charge on any atom is 1.00 e. The quantitative estimate of drug-likeness (QED) is 0.533. The van der Waals surface area contributed by atoms with E-state index in [2.05, 4.69) is 9.97 Å². The summed E-state index contributed by atoms with van der Waals surface area (Å²) in [6.45, 7) is 0. The Hall–Kier alpha value is -0.700. The molecule has 0 spiro atoms.